The minimum absolute atomic E-state index is 0.0872. The number of alkyl halides is 3. The molecule has 1 atom stereocenters. The zero-order valence-electron chi connectivity index (χ0n) is 12.7. The van der Waals surface area contributed by atoms with Crippen LogP contribution in [-0.2, 0) is 13.0 Å². The summed E-state index contributed by atoms with van der Waals surface area (Å²) >= 11 is 3.50. The quantitative estimate of drug-likeness (QED) is 0.742. The van der Waals surface area contributed by atoms with Gasteiger partial charge in [0.2, 0.25) is 0 Å². The van der Waals surface area contributed by atoms with E-state index >= 15 is 0 Å². The predicted molar refractivity (Wildman–Crippen MR) is 81.4 cm³/mol. The molecule has 0 fully saturated rings. The lowest BCUT2D eigenvalue weighted by atomic mass is 10.0. The van der Waals surface area contributed by atoms with Crippen molar-refractivity contribution >= 4 is 15.9 Å². The third kappa shape index (κ3) is 5.98. The highest BCUT2D eigenvalue weighted by Gasteiger charge is 2.29. The van der Waals surface area contributed by atoms with Gasteiger partial charge in [-0.05, 0) is 49.2 Å². The fourth-order valence-electron chi connectivity index (χ4n) is 2.26. The van der Waals surface area contributed by atoms with Crippen LogP contribution in [0.2, 0.25) is 0 Å². The van der Waals surface area contributed by atoms with Gasteiger partial charge >= 0.3 is 6.18 Å². The lowest BCUT2D eigenvalue weighted by Crippen LogP contribution is -2.34. The van der Waals surface area contributed by atoms with E-state index in [4.69, 9.17) is 0 Å². The Morgan fingerprint density at radius 2 is 2.00 bits per heavy atom. The molecule has 0 aliphatic carbocycles. The van der Waals surface area contributed by atoms with Crippen molar-refractivity contribution < 1.29 is 13.2 Å². The number of hydrogen-bond donors (Lipinski definition) is 1. The molecule has 0 aliphatic heterocycles. The molecule has 1 unspecified atom stereocenters. The highest BCUT2D eigenvalue weighted by molar-refractivity contribution is 9.10. The maximum absolute atomic E-state index is 12.5. The van der Waals surface area contributed by atoms with E-state index in [1.807, 2.05) is 25.5 Å². The van der Waals surface area contributed by atoms with Gasteiger partial charge in [-0.15, -0.1) is 0 Å². The molecule has 1 N–H and O–H groups in total. The molecule has 0 spiro atoms. The van der Waals surface area contributed by atoms with E-state index in [1.54, 1.807) is 0 Å². The first kappa shape index (κ1) is 18.5. The molecule has 0 bridgehead atoms. The Kier molecular flexibility index (Phi) is 7.20. The number of aromatic nitrogens is 2. The van der Waals surface area contributed by atoms with E-state index in [1.165, 1.54) is 0 Å². The van der Waals surface area contributed by atoms with Gasteiger partial charge in [-0.3, -0.25) is 4.68 Å². The molecule has 7 heteroatoms. The molecule has 21 heavy (non-hydrogen) atoms. The Labute approximate surface area is 132 Å². The number of hydrogen-bond acceptors (Lipinski definition) is 2. The first-order chi connectivity index (χ1) is 9.78. The molecule has 0 saturated carbocycles. The molecule has 1 rings (SSSR count). The van der Waals surface area contributed by atoms with E-state index < -0.39 is 12.6 Å². The van der Waals surface area contributed by atoms with Crippen LogP contribution in [0, 0.1) is 6.92 Å². The van der Waals surface area contributed by atoms with Crippen molar-refractivity contribution in [2.45, 2.75) is 65.2 Å². The van der Waals surface area contributed by atoms with Gasteiger partial charge in [-0.2, -0.15) is 18.3 Å². The summed E-state index contributed by atoms with van der Waals surface area (Å²) in [6.07, 6.45) is -3.33. The predicted octanol–water partition coefficient (Wildman–Crippen LogP) is 4.23. The molecule has 0 aromatic carbocycles. The van der Waals surface area contributed by atoms with Gasteiger partial charge in [0, 0.05) is 25.4 Å². The Balaban J connectivity index is 2.80. The fourth-order valence-corrected chi connectivity index (χ4v) is 2.71. The average molecular weight is 370 g/mol. The average Bonchev–Trinajstić information content (AvgIpc) is 2.68. The largest absolute Gasteiger partial charge is 0.389 e. The van der Waals surface area contributed by atoms with Gasteiger partial charge in [-0.1, -0.05) is 6.92 Å². The summed E-state index contributed by atoms with van der Waals surface area (Å²) in [6, 6.07) is -0.190. The number of halogens is 4. The van der Waals surface area contributed by atoms with Crippen molar-refractivity contribution in [2.24, 2.45) is 0 Å². The second-order valence-electron chi connectivity index (χ2n) is 5.17. The molecular formula is C14H23BrF3N3. The third-order valence-electron chi connectivity index (χ3n) is 3.35. The summed E-state index contributed by atoms with van der Waals surface area (Å²) in [5, 5.41) is 7.61. The van der Waals surface area contributed by atoms with Crippen molar-refractivity contribution in [1.29, 1.82) is 0 Å². The zero-order valence-corrected chi connectivity index (χ0v) is 14.3. The highest BCUT2D eigenvalue weighted by Crippen LogP contribution is 2.26. The van der Waals surface area contributed by atoms with E-state index in [-0.39, 0.29) is 12.5 Å². The van der Waals surface area contributed by atoms with Crippen LogP contribution in [0.4, 0.5) is 13.2 Å². The Morgan fingerprint density at radius 3 is 2.52 bits per heavy atom. The number of aryl methyl sites for hydroxylation is 2. The zero-order chi connectivity index (χ0) is 16.0. The van der Waals surface area contributed by atoms with Gasteiger partial charge in [-0.25, -0.2) is 0 Å². The highest BCUT2D eigenvalue weighted by atomic mass is 79.9. The second-order valence-corrected chi connectivity index (χ2v) is 5.96. The van der Waals surface area contributed by atoms with Crippen molar-refractivity contribution in [3.05, 3.63) is 15.9 Å². The lowest BCUT2D eigenvalue weighted by molar-refractivity contribution is -0.136. The van der Waals surface area contributed by atoms with Crippen LogP contribution in [0.1, 0.15) is 44.5 Å². The van der Waals surface area contributed by atoms with Gasteiger partial charge < -0.3 is 5.32 Å². The normalized spacial score (nSPS) is 13.7. The summed E-state index contributed by atoms with van der Waals surface area (Å²) in [4.78, 5) is 0. The van der Waals surface area contributed by atoms with Crippen LogP contribution in [0.25, 0.3) is 0 Å². The van der Waals surface area contributed by atoms with Crippen molar-refractivity contribution in [1.82, 2.24) is 15.1 Å². The monoisotopic (exact) mass is 369 g/mol. The Hall–Kier alpha value is -0.560. The maximum Gasteiger partial charge on any atom is 0.389 e. The summed E-state index contributed by atoms with van der Waals surface area (Å²) < 4.78 is 40.1. The number of nitrogens with one attached hydrogen (secondary N) is 1. The minimum Gasteiger partial charge on any atom is -0.314 e. The second kappa shape index (κ2) is 8.17. The topological polar surface area (TPSA) is 29.9 Å². The molecule has 1 aromatic heterocycles. The molecule has 0 amide bonds. The van der Waals surface area contributed by atoms with Gasteiger partial charge in [0.05, 0.1) is 15.9 Å². The molecule has 1 aromatic rings. The van der Waals surface area contributed by atoms with Crippen molar-refractivity contribution in [3.8, 4) is 0 Å². The van der Waals surface area contributed by atoms with Crippen molar-refractivity contribution in [2.75, 3.05) is 6.54 Å². The van der Waals surface area contributed by atoms with Gasteiger partial charge in [0.1, 0.15) is 0 Å². The smallest absolute Gasteiger partial charge is 0.314 e. The summed E-state index contributed by atoms with van der Waals surface area (Å²) in [5.41, 5.74) is 1.84. The molecule has 1 heterocycles. The van der Waals surface area contributed by atoms with Gasteiger partial charge in [0.25, 0.3) is 0 Å². The van der Waals surface area contributed by atoms with E-state index in [0.717, 1.165) is 28.8 Å². The molecule has 0 radical (unpaired) electrons. The molecule has 3 nitrogen and oxygen atoms in total. The minimum atomic E-state index is -4.11. The first-order valence-electron chi connectivity index (χ1n) is 7.30. The molecule has 0 aliphatic rings. The molecule has 0 saturated heterocycles. The Morgan fingerprint density at radius 1 is 1.33 bits per heavy atom. The SMILES string of the molecule is CCCNC(CCC(F)(F)F)Cc1c(Br)c(C)nn1CC. The van der Waals surface area contributed by atoms with E-state index in [0.29, 0.717) is 13.0 Å². The summed E-state index contributed by atoms with van der Waals surface area (Å²) in [6.45, 7) is 7.31. The van der Waals surface area contributed by atoms with Crippen molar-refractivity contribution in [3.63, 3.8) is 0 Å². The van der Waals surface area contributed by atoms with E-state index in [2.05, 4.69) is 26.3 Å². The van der Waals surface area contributed by atoms with Crippen LogP contribution in [0.5, 0.6) is 0 Å². The third-order valence-corrected chi connectivity index (χ3v) is 4.38. The fraction of sp³-hybridized carbons (Fsp3) is 0.786. The summed E-state index contributed by atoms with van der Waals surface area (Å²) in [5.74, 6) is 0. The van der Waals surface area contributed by atoms with Gasteiger partial charge in [0.15, 0.2) is 0 Å². The van der Waals surface area contributed by atoms with Crippen LogP contribution in [0.3, 0.4) is 0 Å². The van der Waals surface area contributed by atoms with Crippen LogP contribution < -0.4 is 5.32 Å². The number of rotatable bonds is 8. The first-order valence-corrected chi connectivity index (χ1v) is 8.09. The maximum atomic E-state index is 12.5. The van der Waals surface area contributed by atoms with Crippen LogP contribution >= 0.6 is 15.9 Å². The molecular weight excluding hydrogens is 347 g/mol. The lowest BCUT2D eigenvalue weighted by Gasteiger charge is -2.20. The Bertz CT molecular complexity index is 443. The molecule has 122 valence electrons. The van der Waals surface area contributed by atoms with Crippen LogP contribution in [0.15, 0.2) is 4.47 Å². The standard InChI is InChI=1S/C14H23BrF3N3/c1-4-8-19-11(6-7-14(16,17)18)9-12-13(15)10(3)20-21(12)5-2/h11,19H,4-9H2,1-3H3. The number of nitrogens with zero attached hydrogens (tertiary/aromatic N) is 2. The van der Waals surface area contributed by atoms with Crippen LogP contribution in [-0.4, -0.2) is 28.5 Å². The summed E-state index contributed by atoms with van der Waals surface area (Å²) in [7, 11) is 0. The van der Waals surface area contributed by atoms with E-state index in [9.17, 15) is 13.2 Å².